The summed E-state index contributed by atoms with van der Waals surface area (Å²) in [6, 6.07) is 12.1. The number of aliphatic hydroxyl groups is 1. The maximum atomic E-state index is 12.4. The Hall–Kier alpha value is -2.63. The molecule has 0 aliphatic rings. The molecule has 0 spiro atoms. The zero-order chi connectivity index (χ0) is 21.1. The van der Waals surface area contributed by atoms with Gasteiger partial charge in [0.05, 0.1) is 11.1 Å². The molecule has 0 fully saturated rings. The lowest BCUT2D eigenvalue weighted by atomic mass is 9.97. The number of carbonyl (C=O) groups is 2. The van der Waals surface area contributed by atoms with Gasteiger partial charge in [0.2, 0.25) is 5.91 Å². The summed E-state index contributed by atoms with van der Waals surface area (Å²) >= 11 is 6.43. The minimum Gasteiger partial charge on any atom is -0.424 e. The molecule has 0 heterocycles. The lowest BCUT2D eigenvalue weighted by Gasteiger charge is -2.23. The van der Waals surface area contributed by atoms with Crippen LogP contribution in [0.25, 0.3) is 0 Å². The molecule has 0 radical (unpaired) electrons. The highest BCUT2D eigenvalue weighted by molar-refractivity contribution is 6.35. The predicted molar refractivity (Wildman–Crippen MR) is 111 cm³/mol. The van der Waals surface area contributed by atoms with Crippen LogP contribution in [0.5, 0.6) is 5.75 Å². The van der Waals surface area contributed by atoms with E-state index in [4.69, 9.17) is 16.3 Å². The van der Waals surface area contributed by atoms with Gasteiger partial charge in [0.15, 0.2) is 5.75 Å². The number of likely N-dealkylation sites (N-methyl/N-ethyl adjacent to an activating group) is 1. The van der Waals surface area contributed by atoms with Crippen molar-refractivity contribution in [1.29, 1.82) is 0 Å². The number of rotatable bonds is 5. The molecule has 2 aromatic carbocycles. The molecule has 28 heavy (non-hydrogen) atoms. The second kappa shape index (κ2) is 8.59. The van der Waals surface area contributed by atoms with E-state index in [1.54, 1.807) is 39.0 Å². The van der Waals surface area contributed by atoms with Crippen molar-refractivity contribution in [3.63, 3.8) is 0 Å². The van der Waals surface area contributed by atoms with Gasteiger partial charge in [0, 0.05) is 7.05 Å². The van der Waals surface area contributed by atoms with Crippen molar-refractivity contribution in [2.75, 3.05) is 11.9 Å². The van der Waals surface area contributed by atoms with Gasteiger partial charge in [-0.3, -0.25) is 9.59 Å². The summed E-state index contributed by atoms with van der Waals surface area (Å²) in [6.07, 6.45) is 0.161. The summed E-state index contributed by atoms with van der Waals surface area (Å²) in [6.45, 7) is 8.64. The topological polar surface area (TPSA) is 66.8 Å². The van der Waals surface area contributed by atoms with Crippen molar-refractivity contribution in [3.05, 3.63) is 71.3 Å². The summed E-state index contributed by atoms with van der Waals surface area (Å²) in [7, 11) is 1.53. The molecule has 148 valence electrons. The largest absolute Gasteiger partial charge is 0.424 e. The fourth-order valence-corrected chi connectivity index (χ4v) is 2.69. The first kappa shape index (κ1) is 21.7. The summed E-state index contributed by atoms with van der Waals surface area (Å²) in [4.78, 5) is 25.7. The van der Waals surface area contributed by atoms with Gasteiger partial charge in [0.1, 0.15) is 11.1 Å². The number of hydrogen-bond acceptors (Lipinski definition) is 4. The van der Waals surface area contributed by atoms with Crippen LogP contribution < -0.4 is 9.64 Å². The third-order valence-corrected chi connectivity index (χ3v) is 4.53. The van der Waals surface area contributed by atoms with E-state index < -0.39 is 17.5 Å². The molecule has 0 aliphatic carbocycles. The van der Waals surface area contributed by atoms with Gasteiger partial charge in [-0.15, -0.1) is 0 Å². The number of hydrogen-bond donors (Lipinski definition) is 1. The predicted octanol–water partition coefficient (Wildman–Crippen LogP) is 4.52. The van der Waals surface area contributed by atoms with Crippen LogP contribution in [0, 0.1) is 5.41 Å². The summed E-state index contributed by atoms with van der Waals surface area (Å²) in [5, 5.41) is 10.9. The zero-order valence-corrected chi connectivity index (χ0v) is 17.2. The van der Waals surface area contributed by atoms with E-state index >= 15 is 0 Å². The SMILES string of the molecule is C=CC(=O)N(C)c1cc(C(O)c2ccccc2)cc(OC(=O)C(C)(C)C)c1Cl. The van der Waals surface area contributed by atoms with Crippen LogP contribution in [0.1, 0.15) is 38.0 Å². The number of esters is 1. The van der Waals surface area contributed by atoms with Crippen LogP contribution in [-0.2, 0) is 9.59 Å². The Labute approximate surface area is 170 Å². The third-order valence-electron chi connectivity index (χ3n) is 4.15. The number of nitrogens with zero attached hydrogens (tertiary/aromatic N) is 1. The maximum absolute atomic E-state index is 12.4. The van der Waals surface area contributed by atoms with Crippen LogP contribution in [0.4, 0.5) is 5.69 Å². The molecule has 2 rings (SSSR count). The lowest BCUT2D eigenvalue weighted by molar-refractivity contribution is -0.143. The third kappa shape index (κ3) is 4.80. The van der Waals surface area contributed by atoms with Crippen molar-refractivity contribution in [1.82, 2.24) is 0 Å². The quantitative estimate of drug-likeness (QED) is 0.454. The van der Waals surface area contributed by atoms with E-state index in [1.165, 1.54) is 18.0 Å². The van der Waals surface area contributed by atoms with E-state index in [0.717, 1.165) is 6.08 Å². The Bertz CT molecular complexity index is 887. The molecule has 0 saturated carbocycles. The molecule has 1 N–H and O–H groups in total. The molecular weight excluding hydrogens is 378 g/mol. The number of benzene rings is 2. The Morgan fingerprint density at radius 2 is 1.79 bits per heavy atom. The first-order valence-corrected chi connectivity index (χ1v) is 9.13. The van der Waals surface area contributed by atoms with E-state index in [1.807, 2.05) is 18.2 Å². The fourth-order valence-electron chi connectivity index (χ4n) is 2.42. The Balaban J connectivity index is 2.59. The van der Waals surface area contributed by atoms with Crippen molar-refractivity contribution >= 4 is 29.2 Å². The van der Waals surface area contributed by atoms with E-state index in [-0.39, 0.29) is 16.7 Å². The van der Waals surface area contributed by atoms with E-state index in [2.05, 4.69) is 6.58 Å². The Kier molecular flexibility index (Phi) is 6.65. The van der Waals surface area contributed by atoms with Gasteiger partial charge < -0.3 is 14.7 Å². The first-order chi connectivity index (χ1) is 13.1. The number of aliphatic hydroxyl groups excluding tert-OH is 1. The number of carbonyl (C=O) groups excluding carboxylic acids is 2. The average molecular weight is 402 g/mol. The van der Waals surface area contributed by atoms with E-state index in [0.29, 0.717) is 16.8 Å². The number of anilines is 1. The van der Waals surface area contributed by atoms with Crippen molar-refractivity contribution in [2.24, 2.45) is 5.41 Å². The molecule has 2 aromatic rings. The molecular formula is C22H24ClNO4. The Morgan fingerprint density at radius 3 is 2.32 bits per heavy atom. The molecule has 1 unspecified atom stereocenters. The summed E-state index contributed by atoms with van der Waals surface area (Å²) < 4.78 is 5.49. The van der Waals surface area contributed by atoms with Crippen LogP contribution in [0.2, 0.25) is 5.02 Å². The van der Waals surface area contributed by atoms with Crippen molar-refractivity contribution in [3.8, 4) is 5.75 Å². The smallest absolute Gasteiger partial charge is 0.316 e. The maximum Gasteiger partial charge on any atom is 0.316 e. The van der Waals surface area contributed by atoms with Gasteiger partial charge in [-0.1, -0.05) is 48.5 Å². The highest BCUT2D eigenvalue weighted by Gasteiger charge is 2.27. The highest BCUT2D eigenvalue weighted by Crippen LogP contribution is 2.39. The molecule has 6 heteroatoms. The van der Waals surface area contributed by atoms with Crippen LogP contribution in [0.3, 0.4) is 0 Å². The van der Waals surface area contributed by atoms with Gasteiger partial charge >= 0.3 is 5.97 Å². The standard InChI is InChI=1S/C22H24ClNO4/c1-6-18(25)24(5)16-12-15(20(26)14-10-8-7-9-11-14)13-17(19(16)23)28-21(27)22(2,3)4/h6-13,20,26H,1H2,2-5H3. The van der Waals surface area contributed by atoms with Crippen molar-refractivity contribution < 1.29 is 19.4 Å². The number of ether oxygens (including phenoxy) is 1. The lowest BCUT2D eigenvalue weighted by Crippen LogP contribution is -2.27. The molecule has 0 aromatic heterocycles. The fraction of sp³-hybridized carbons (Fsp3) is 0.273. The molecule has 0 aliphatic heterocycles. The van der Waals surface area contributed by atoms with Crippen LogP contribution in [0.15, 0.2) is 55.1 Å². The average Bonchev–Trinajstić information content (AvgIpc) is 2.67. The monoisotopic (exact) mass is 401 g/mol. The van der Waals surface area contributed by atoms with Crippen molar-refractivity contribution in [2.45, 2.75) is 26.9 Å². The molecule has 1 atom stereocenters. The van der Waals surface area contributed by atoms with Crippen LogP contribution in [-0.4, -0.2) is 24.0 Å². The minimum absolute atomic E-state index is 0.0767. The normalized spacial score (nSPS) is 12.2. The first-order valence-electron chi connectivity index (χ1n) is 8.75. The molecule has 0 bridgehead atoms. The number of amides is 1. The Morgan fingerprint density at radius 1 is 1.18 bits per heavy atom. The summed E-state index contributed by atoms with van der Waals surface area (Å²) in [5.41, 5.74) is 0.642. The van der Waals surface area contributed by atoms with Gasteiger partial charge in [-0.2, -0.15) is 0 Å². The summed E-state index contributed by atoms with van der Waals surface area (Å²) in [5.74, 6) is -0.793. The van der Waals surface area contributed by atoms with E-state index in [9.17, 15) is 14.7 Å². The second-order valence-electron chi connectivity index (χ2n) is 7.41. The highest BCUT2D eigenvalue weighted by atomic mass is 35.5. The molecule has 0 saturated heterocycles. The molecule has 5 nitrogen and oxygen atoms in total. The van der Waals surface area contributed by atoms with Gasteiger partial charge in [-0.25, -0.2) is 0 Å². The minimum atomic E-state index is -0.989. The molecule has 1 amide bonds. The van der Waals surface area contributed by atoms with Gasteiger partial charge in [0.25, 0.3) is 0 Å². The van der Waals surface area contributed by atoms with Gasteiger partial charge in [-0.05, 0) is 50.1 Å². The number of halogens is 1. The zero-order valence-electron chi connectivity index (χ0n) is 16.4. The second-order valence-corrected chi connectivity index (χ2v) is 7.78. The van der Waals surface area contributed by atoms with Crippen LogP contribution >= 0.6 is 11.6 Å².